The molecule has 1 saturated heterocycles. The molecule has 1 heterocycles. The third-order valence-electron chi connectivity index (χ3n) is 3.67. The van der Waals surface area contributed by atoms with Crippen LogP contribution in [0.2, 0.25) is 0 Å². The van der Waals surface area contributed by atoms with Crippen molar-refractivity contribution in [1.82, 2.24) is 4.90 Å². The average Bonchev–Trinajstić information content (AvgIpc) is 2.52. The molecule has 0 atom stereocenters. The summed E-state index contributed by atoms with van der Waals surface area (Å²) >= 11 is 0. The van der Waals surface area contributed by atoms with Crippen molar-refractivity contribution >= 4 is 5.91 Å². The van der Waals surface area contributed by atoms with Gasteiger partial charge < -0.3 is 14.7 Å². The van der Waals surface area contributed by atoms with Gasteiger partial charge in [0.25, 0.3) is 11.5 Å². The SMILES string of the molecule is O=C(c1ccc(C(O)(C(F)(F)F)C(F)(F)F)cc1)N1CCOCC1. The summed E-state index contributed by atoms with van der Waals surface area (Å²) in [5, 5.41) is 9.27. The van der Waals surface area contributed by atoms with Crippen molar-refractivity contribution < 1.29 is 41.0 Å². The van der Waals surface area contributed by atoms with E-state index in [1.165, 1.54) is 4.90 Å². The van der Waals surface area contributed by atoms with Crippen LogP contribution in [0.15, 0.2) is 24.3 Å². The Bertz CT molecular complexity index is 576. The summed E-state index contributed by atoms with van der Waals surface area (Å²) in [4.78, 5) is 13.5. The fourth-order valence-electron chi connectivity index (χ4n) is 2.29. The van der Waals surface area contributed by atoms with E-state index in [0.717, 1.165) is 12.1 Å². The second kappa shape index (κ2) is 6.25. The van der Waals surface area contributed by atoms with Crippen molar-refractivity contribution in [3.05, 3.63) is 35.4 Å². The Kier molecular flexibility index (Phi) is 4.82. The molecule has 0 spiro atoms. The molecule has 1 N–H and O–H groups in total. The zero-order chi connectivity index (χ0) is 18.2. The molecule has 0 radical (unpaired) electrons. The minimum atomic E-state index is -5.96. The highest BCUT2D eigenvalue weighted by Crippen LogP contribution is 2.49. The molecule has 4 nitrogen and oxygen atoms in total. The van der Waals surface area contributed by atoms with Gasteiger partial charge in [-0.3, -0.25) is 4.79 Å². The first-order valence-electron chi connectivity index (χ1n) is 6.82. The zero-order valence-electron chi connectivity index (χ0n) is 12.1. The minimum absolute atomic E-state index is 0.0765. The fraction of sp³-hybridized carbons (Fsp3) is 0.500. The van der Waals surface area contributed by atoms with E-state index in [1.54, 1.807) is 0 Å². The maximum atomic E-state index is 12.8. The number of amides is 1. The molecule has 1 aromatic carbocycles. The van der Waals surface area contributed by atoms with Crippen molar-refractivity contribution in [2.24, 2.45) is 0 Å². The van der Waals surface area contributed by atoms with Crippen LogP contribution >= 0.6 is 0 Å². The number of hydrogen-bond acceptors (Lipinski definition) is 3. The van der Waals surface area contributed by atoms with Crippen LogP contribution in [0.3, 0.4) is 0 Å². The van der Waals surface area contributed by atoms with E-state index in [4.69, 9.17) is 4.74 Å². The lowest BCUT2D eigenvalue weighted by Crippen LogP contribution is -2.53. The summed E-state index contributed by atoms with van der Waals surface area (Å²) in [5.41, 5.74) is -6.48. The molecule has 134 valence electrons. The van der Waals surface area contributed by atoms with Gasteiger partial charge in [0, 0.05) is 24.2 Å². The number of morpholine rings is 1. The van der Waals surface area contributed by atoms with Crippen molar-refractivity contribution in [2.75, 3.05) is 26.3 Å². The quantitative estimate of drug-likeness (QED) is 0.828. The topological polar surface area (TPSA) is 49.8 Å². The Morgan fingerprint density at radius 1 is 0.958 bits per heavy atom. The molecule has 0 unspecified atom stereocenters. The van der Waals surface area contributed by atoms with Crippen molar-refractivity contribution in [2.45, 2.75) is 18.0 Å². The number of benzene rings is 1. The lowest BCUT2D eigenvalue weighted by Gasteiger charge is -2.32. The zero-order valence-corrected chi connectivity index (χ0v) is 12.1. The van der Waals surface area contributed by atoms with E-state index >= 15 is 0 Å². The van der Waals surface area contributed by atoms with Crippen LogP contribution in [0.1, 0.15) is 15.9 Å². The van der Waals surface area contributed by atoms with E-state index in [1.807, 2.05) is 0 Å². The van der Waals surface area contributed by atoms with Gasteiger partial charge in [-0.05, 0) is 12.1 Å². The molecule has 1 amide bonds. The summed E-state index contributed by atoms with van der Waals surface area (Å²) in [5.74, 6) is -0.535. The summed E-state index contributed by atoms with van der Waals surface area (Å²) < 4.78 is 81.7. The molecule has 10 heteroatoms. The maximum Gasteiger partial charge on any atom is 0.430 e. The van der Waals surface area contributed by atoms with E-state index in [0.29, 0.717) is 25.3 Å². The van der Waals surface area contributed by atoms with Crippen LogP contribution in [0.25, 0.3) is 0 Å². The van der Waals surface area contributed by atoms with Crippen LogP contribution in [-0.4, -0.2) is 54.6 Å². The number of hydrogen-bond donors (Lipinski definition) is 1. The second-order valence-corrected chi connectivity index (χ2v) is 5.19. The Morgan fingerprint density at radius 3 is 1.83 bits per heavy atom. The van der Waals surface area contributed by atoms with Gasteiger partial charge in [-0.25, -0.2) is 0 Å². The van der Waals surface area contributed by atoms with Gasteiger partial charge in [0.2, 0.25) is 0 Å². The van der Waals surface area contributed by atoms with Crippen LogP contribution in [0.4, 0.5) is 26.3 Å². The van der Waals surface area contributed by atoms with Crippen LogP contribution in [0, 0.1) is 0 Å². The number of ether oxygens (including phenoxy) is 1. The molecular weight excluding hydrogens is 344 g/mol. The molecule has 0 bridgehead atoms. The number of nitrogens with zero attached hydrogens (tertiary/aromatic N) is 1. The number of carbonyl (C=O) groups excluding carboxylic acids is 1. The standard InChI is InChI=1S/C14H13F6NO3/c15-13(16,17)12(23,14(18,19)20)10-3-1-9(2-4-10)11(22)21-5-7-24-8-6-21/h1-4,23H,5-8H2. The summed E-state index contributed by atoms with van der Waals surface area (Å²) in [7, 11) is 0. The van der Waals surface area contributed by atoms with Gasteiger partial charge >= 0.3 is 12.4 Å². The largest absolute Gasteiger partial charge is 0.430 e. The second-order valence-electron chi connectivity index (χ2n) is 5.19. The highest BCUT2D eigenvalue weighted by Gasteiger charge is 2.71. The van der Waals surface area contributed by atoms with Gasteiger partial charge in [0.05, 0.1) is 13.2 Å². The highest BCUT2D eigenvalue weighted by molar-refractivity contribution is 5.94. The van der Waals surface area contributed by atoms with Crippen LogP contribution in [0.5, 0.6) is 0 Å². The molecule has 1 aliphatic heterocycles. The van der Waals surface area contributed by atoms with Gasteiger partial charge in [0.1, 0.15) is 0 Å². The number of carbonyl (C=O) groups is 1. The Hall–Kier alpha value is -1.81. The van der Waals surface area contributed by atoms with Crippen LogP contribution < -0.4 is 0 Å². The molecule has 1 fully saturated rings. The van der Waals surface area contributed by atoms with Gasteiger partial charge in [-0.2, -0.15) is 26.3 Å². The van der Waals surface area contributed by atoms with Crippen LogP contribution in [-0.2, 0) is 10.3 Å². The first kappa shape index (κ1) is 18.5. The van der Waals surface area contributed by atoms with E-state index in [-0.39, 0.29) is 18.7 Å². The monoisotopic (exact) mass is 357 g/mol. The predicted molar refractivity (Wildman–Crippen MR) is 69.2 cm³/mol. The molecule has 2 rings (SSSR count). The van der Waals surface area contributed by atoms with E-state index < -0.39 is 29.4 Å². The molecular formula is C14H13F6NO3. The number of aliphatic hydroxyl groups is 1. The molecule has 0 aromatic heterocycles. The average molecular weight is 357 g/mol. The third-order valence-corrected chi connectivity index (χ3v) is 3.67. The molecule has 1 aromatic rings. The van der Waals surface area contributed by atoms with Gasteiger partial charge in [-0.1, -0.05) is 12.1 Å². The Labute approximate surface area is 132 Å². The molecule has 0 aliphatic carbocycles. The van der Waals surface area contributed by atoms with Gasteiger partial charge in [-0.15, -0.1) is 0 Å². The van der Waals surface area contributed by atoms with E-state index in [2.05, 4.69) is 0 Å². The first-order chi connectivity index (χ1) is 11.0. The molecule has 0 saturated carbocycles. The Morgan fingerprint density at radius 2 is 1.42 bits per heavy atom. The van der Waals surface area contributed by atoms with Gasteiger partial charge in [0.15, 0.2) is 0 Å². The lowest BCUT2D eigenvalue weighted by molar-refractivity contribution is -0.376. The highest BCUT2D eigenvalue weighted by atomic mass is 19.4. The van der Waals surface area contributed by atoms with Crippen molar-refractivity contribution in [3.63, 3.8) is 0 Å². The molecule has 1 aliphatic rings. The number of halogens is 6. The smallest absolute Gasteiger partial charge is 0.378 e. The third kappa shape index (κ3) is 3.20. The number of rotatable bonds is 2. The normalized spacial score (nSPS) is 17.0. The summed E-state index contributed by atoms with van der Waals surface area (Å²) in [6.07, 6.45) is -11.9. The first-order valence-corrected chi connectivity index (χ1v) is 6.82. The van der Waals surface area contributed by atoms with Crippen molar-refractivity contribution in [1.29, 1.82) is 0 Å². The number of alkyl halides is 6. The fourth-order valence-corrected chi connectivity index (χ4v) is 2.29. The van der Waals surface area contributed by atoms with E-state index in [9.17, 15) is 36.2 Å². The maximum absolute atomic E-state index is 12.8. The Balaban J connectivity index is 2.32. The van der Waals surface area contributed by atoms with Crippen molar-refractivity contribution in [3.8, 4) is 0 Å². The predicted octanol–water partition coefficient (Wildman–Crippen LogP) is 2.47. The minimum Gasteiger partial charge on any atom is -0.378 e. The lowest BCUT2D eigenvalue weighted by atomic mass is 9.91. The molecule has 24 heavy (non-hydrogen) atoms. The summed E-state index contributed by atoms with van der Waals surface area (Å²) in [6, 6.07) is 2.56. The summed E-state index contributed by atoms with van der Waals surface area (Å²) in [6.45, 7) is 1.14.